The molecule has 1 saturated carbocycles. The molecule has 1 aliphatic carbocycles. The van der Waals surface area contributed by atoms with Crippen LogP contribution in [0.3, 0.4) is 0 Å². The number of aryl methyl sites for hydroxylation is 1. The third-order valence-corrected chi connectivity index (χ3v) is 4.12. The van der Waals surface area contributed by atoms with Gasteiger partial charge in [-0.15, -0.1) is 0 Å². The van der Waals surface area contributed by atoms with Crippen molar-refractivity contribution < 1.29 is 4.39 Å². The van der Waals surface area contributed by atoms with Crippen molar-refractivity contribution in [2.45, 2.75) is 45.4 Å². The third-order valence-electron chi connectivity index (χ3n) is 4.12. The van der Waals surface area contributed by atoms with E-state index in [9.17, 15) is 4.39 Å². The van der Waals surface area contributed by atoms with E-state index in [0.717, 1.165) is 24.6 Å². The number of hydrogen-bond donors (Lipinski definition) is 1. The van der Waals surface area contributed by atoms with Gasteiger partial charge in [0.15, 0.2) is 0 Å². The largest absolute Gasteiger partial charge is 0.316 e. The van der Waals surface area contributed by atoms with Gasteiger partial charge < -0.3 is 5.32 Å². The van der Waals surface area contributed by atoms with E-state index >= 15 is 0 Å². The van der Waals surface area contributed by atoms with Crippen molar-refractivity contribution in [1.29, 1.82) is 0 Å². The molecule has 2 rings (SSSR count). The molecule has 0 bridgehead atoms. The molecule has 2 atom stereocenters. The molecule has 0 heterocycles. The Morgan fingerprint density at radius 2 is 2.17 bits per heavy atom. The fourth-order valence-electron chi connectivity index (χ4n) is 3.21. The van der Waals surface area contributed by atoms with E-state index in [2.05, 4.69) is 12.2 Å². The van der Waals surface area contributed by atoms with Crippen LogP contribution in [0, 0.1) is 18.7 Å². The first-order valence-electron chi connectivity index (χ1n) is 7.19. The van der Waals surface area contributed by atoms with Gasteiger partial charge in [-0.2, -0.15) is 0 Å². The van der Waals surface area contributed by atoms with Crippen LogP contribution in [-0.4, -0.2) is 13.1 Å². The smallest absolute Gasteiger partial charge is 0.123 e. The summed E-state index contributed by atoms with van der Waals surface area (Å²) >= 11 is 0. The van der Waals surface area contributed by atoms with E-state index in [0.29, 0.717) is 5.92 Å². The van der Waals surface area contributed by atoms with Gasteiger partial charge in [0.05, 0.1) is 0 Å². The monoisotopic (exact) mass is 249 g/mol. The Labute approximate surface area is 110 Å². The van der Waals surface area contributed by atoms with Crippen molar-refractivity contribution in [3.05, 3.63) is 35.1 Å². The average molecular weight is 249 g/mol. The molecule has 0 radical (unpaired) electrons. The quantitative estimate of drug-likeness (QED) is 0.777. The van der Waals surface area contributed by atoms with Gasteiger partial charge in [-0.05, 0) is 74.4 Å². The second-order valence-electron chi connectivity index (χ2n) is 5.50. The Morgan fingerprint density at radius 3 is 2.89 bits per heavy atom. The Hall–Kier alpha value is -0.890. The van der Waals surface area contributed by atoms with Gasteiger partial charge in [-0.25, -0.2) is 4.39 Å². The minimum atomic E-state index is -0.116. The van der Waals surface area contributed by atoms with Crippen LogP contribution in [0.4, 0.5) is 4.39 Å². The highest BCUT2D eigenvalue weighted by Gasteiger charge is 2.29. The molecule has 100 valence electrons. The molecular weight excluding hydrogens is 225 g/mol. The molecule has 2 unspecified atom stereocenters. The van der Waals surface area contributed by atoms with Crippen LogP contribution >= 0.6 is 0 Å². The summed E-state index contributed by atoms with van der Waals surface area (Å²) < 4.78 is 13.2. The number of halogens is 1. The van der Waals surface area contributed by atoms with Crippen LogP contribution in [0.15, 0.2) is 18.2 Å². The van der Waals surface area contributed by atoms with Crippen LogP contribution in [0.2, 0.25) is 0 Å². The minimum absolute atomic E-state index is 0.116. The van der Waals surface area contributed by atoms with Crippen molar-refractivity contribution in [3.63, 3.8) is 0 Å². The molecule has 18 heavy (non-hydrogen) atoms. The van der Waals surface area contributed by atoms with Crippen molar-refractivity contribution in [2.24, 2.45) is 5.92 Å². The van der Waals surface area contributed by atoms with Crippen LogP contribution in [-0.2, 0) is 0 Å². The molecule has 1 fully saturated rings. The first-order chi connectivity index (χ1) is 8.72. The zero-order valence-corrected chi connectivity index (χ0v) is 11.5. The number of nitrogens with one attached hydrogen (secondary N) is 1. The predicted octanol–water partition coefficient (Wildman–Crippen LogP) is 4.02. The SMILES string of the molecule is CCCNCC1CCCC1c1ccc(F)cc1C. The first-order valence-corrected chi connectivity index (χ1v) is 7.19. The molecule has 0 amide bonds. The summed E-state index contributed by atoms with van der Waals surface area (Å²) in [6.07, 6.45) is 5.05. The number of benzene rings is 1. The van der Waals surface area contributed by atoms with Gasteiger partial charge in [0, 0.05) is 0 Å². The first kappa shape index (κ1) is 13.5. The Bertz CT molecular complexity index is 389. The standard InChI is InChI=1S/C16H24FN/c1-3-9-18-11-13-5-4-6-16(13)15-8-7-14(17)10-12(15)2/h7-8,10,13,16,18H,3-6,9,11H2,1-2H3. The average Bonchev–Trinajstić information content (AvgIpc) is 2.78. The second kappa shape index (κ2) is 6.33. The van der Waals surface area contributed by atoms with Crippen LogP contribution in [0.5, 0.6) is 0 Å². The lowest BCUT2D eigenvalue weighted by Gasteiger charge is -2.22. The summed E-state index contributed by atoms with van der Waals surface area (Å²) in [5, 5.41) is 3.53. The topological polar surface area (TPSA) is 12.0 Å². The summed E-state index contributed by atoms with van der Waals surface area (Å²) in [5.74, 6) is 1.23. The lowest BCUT2D eigenvalue weighted by Crippen LogP contribution is -2.25. The Morgan fingerprint density at radius 1 is 1.33 bits per heavy atom. The maximum absolute atomic E-state index is 13.2. The molecule has 1 aliphatic rings. The summed E-state index contributed by atoms with van der Waals surface area (Å²) in [5.41, 5.74) is 2.47. The second-order valence-corrected chi connectivity index (χ2v) is 5.50. The maximum atomic E-state index is 13.2. The zero-order chi connectivity index (χ0) is 13.0. The van der Waals surface area contributed by atoms with Crippen molar-refractivity contribution in [1.82, 2.24) is 5.32 Å². The van der Waals surface area contributed by atoms with Gasteiger partial charge in [0.2, 0.25) is 0 Å². The van der Waals surface area contributed by atoms with Gasteiger partial charge in [-0.3, -0.25) is 0 Å². The zero-order valence-electron chi connectivity index (χ0n) is 11.5. The summed E-state index contributed by atoms with van der Waals surface area (Å²) in [4.78, 5) is 0. The van der Waals surface area contributed by atoms with Gasteiger partial charge in [0.25, 0.3) is 0 Å². The molecule has 2 heteroatoms. The highest BCUT2D eigenvalue weighted by Crippen LogP contribution is 2.40. The predicted molar refractivity (Wildman–Crippen MR) is 74.4 cm³/mol. The molecule has 0 spiro atoms. The van der Waals surface area contributed by atoms with E-state index in [1.54, 1.807) is 12.1 Å². The van der Waals surface area contributed by atoms with Gasteiger partial charge >= 0.3 is 0 Å². The molecule has 0 aliphatic heterocycles. The molecule has 0 saturated heterocycles. The summed E-state index contributed by atoms with van der Waals surface area (Å²) in [7, 11) is 0. The fourth-order valence-corrected chi connectivity index (χ4v) is 3.21. The third kappa shape index (κ3) is 3.11. The molecule has 1 aromatic carbocycles. The van der Waals surface area contributed by atoms with Crippen LogP contribution < -0.4 is 5.32 Å². The molecule has 1 aromatic rings. The highest BCUT2D eigenvalue weighted by atomic mass is 19.1. The van der Waals surface area contributed by atoms with E-state index < -0.39 is 0 Å². The lowest BCUT2D eigenvalue weighted by molar-refractivity contribution is 0.443. The normalized spacial score (nSPS) is 23.5. The molecule has 1 nitrogen and oxygen atoms in total. The van der Waals surface area contributed by atoms with Crippen LogP contribution in [0.25, 0.3) is 0 Å². The minimum Gasteiger partial charge on any atom is -0.316 e. The molecule has 0 aromatic heterocycles. The summed E-state index contributed by atoms with van der Waals surface area (Å²) in [6.45, 7) is 6.44. The Kier molecular flexibility index (Phi) is 4.76. The van der Waals surface area contributed by atoms with Crippen molar-refractivity contribution in [3.8, 4) is 0 Å². The van der Waals surface area contributed by atoms with Crippen LogP contribution in [0.1, 0.15) is 49.7 Å². The van der Waals surface area contributed by atoms with Crippen molar-refractivity contribution in [2.75, 3.05) is 13.1 Å². The van der Waals surface area contributed by atoms with Crippen molar-refractivity contribution >= 4 is 0 Å². The highest BCUT2D eigenvalue weighted by molar-refractivity contribution is 5.31. The van der Waals surface area contributed by atoms with Gasteiger partial charge in [0.1, 0.15) is 5.82 Å². The van der Waals surface area contributed by atoms with E-state index in [1.807, 2.05) is 13.0 Å². The fraction of sp³-hybridized carbons (Fsp3) is 0.625. The van der Waals surface area contributed by atoms with Gasteiger partial charge in [-0.1, -0.05) is 19.4 Å². The summed E-state index contributed by atoms with van der Waals surface area (Å²) in [6, 6.07) is 5.27. The molecule has 1 N–H and O–H groups in total. The Balaban J connectivity index is 2.06. The number of hydrogen-bond acceptors (Lipinski definition) is 1. The lowest BCUT2D eigenvalue weighted by atomic mass is 9.86. The number of rotatable bonds is 5. The maximum Gasteiger partial charge on any atom is 0.123 e. The molecular formula is C16H24FN. The van der Waals surface area contributed by atoms with E-state index in [4.69, 9.17) is 0 Å². The van der Waals surface area contributed by atoms with E-state index in [-0.39, 0.29) is 5.82 Å². The van der Waals surface area contributed by atoms with E-state index in [1.165, 1.54) is 31.2 Å².